The molecule has 0 radical (unpaired) electrons. The number of nitriles is 1. The number of tetrazole rings is 1. The van der Waals surface area contributed by atoms with Crippen LogP contribution >= 0.6 is 0 Å². The number of allylic oxidation sites excluding steroid dienone is 1. The van der Waals surface area contributed by atoms with Gasteiger partial charge in [0.05, 0.1) is 23.8 Å². The number of imide groups is 1. The van der Waals surface area contributed by atoms with Gasteiger partial charge in [-0.05, 0) is 36.3 Å². The van der Waals surface area contributed by atoms with Crippen molar-refractivity contribution in [3.05, 3.63) is 41.4 Å². The molecule has 10 nitrogen and oxygen atoms in total. The van der Waals surface area contributed by atoms with Crippen LogP contribution in [0.3, 0.4) is 0 Å². The first-order valence-electron chi connectivity index (χ1n) is 8.40. The Balaban J connectivity index is 1.53. The number of nitrogens with one attached hydrogen (secondary N) is 2. The van der Waals surface area contributed by atoms with Gasteiger partial charge in [0.25, 0.3) is 11.8 Å². The summed E-state index contributed by atoms with van der Waals surface area (Å²) < 4.78 is 5.53. The Kier molecular flexibility index (Phi) is 4.35. The maximum Gasteiger partial charge on any atom is 0.261 e. The van der Waals surface area contributed by atoms with E-state index >= 15 is 0 Å². The summed E-state index contributed by atoms with van der Waals surface area (Å²) in [4.78, 5) is 26.4. The molecule has 10 heteroatoms. The lowest BCUT2D eigenvalue weighted by Gasteiger charge is -2.17. The summed E-state index contributed by atoms with van der Waals surface area (Å²) in [6.07, 6.45) is 3.10. The van der Waals surface area contributed by atoms with E-state index < -0.39 is 0 Å². The molecule has 2 amide bonds. The highest BCUT2D eigenvalue weighted by molar-refractivity contribution is 6.21. The lowest BCUT2D eigenvalue weighted by Crippen LogP contribution is -2.36. The Labute approximate surface area is 153 Å². The summed E-state index contributed by atoms with van der Waals surface area (Å²) in [5, 5.41) is 25.3. The highest BCUT2D eigenvalue weighted by Crippen LogP contribution is 2.27. The maximum absolute atomic E-state index is 12.6. The van der Waals surface area contributed by atoms with Gasteiger partial charge >= 0.3 is 0 Å². The van der Waals surface area contributed by atoms with E-state index in [4.69, 9.17) is 4.74 Å². The molecule has 0 spiro atoms. The number of amides is 2. The Hall–Kier alpha value is -3.58. The highest BCUT2D eigenvalue weighted by atomic mass is 16.5. The molecule has 1 saturated heterocycles. The molecule has 0 bridgehead atoms. The predicted octanol–water partition coefficient (Wildman–Crippen LogP) is 0.951. The molecule has 0 saturated carbocycles. The lowest BCUT2D eigenvalue weighted by molar-refractivity contribution is 0.0475. The van der Waals surface area contributed by atoms with E-state index in [1.807, 2.05) is 6.07 Å². The van der Waals surface area contributed by atoms with Gasteiger partial charge < -0.3 is 10.1 Å². The number of hydrogen-bond acceptors (Lipinski definition) is 8. The van der Waals surface area contributed by atoms with E-state index in [0.29, 0.717) is 23.4 Å². The predicted molar refractivity (Wildman–Crippen MR) is 92.2 cm³/mol. The summed E-state index contributed by atoms with van der Waals surface area (Å²) in [6.45, 7) is 0.932. The number of ether oxygens (including phenoxy) is 1. The lowest BCUT2D eigenvalue weighted by atomic mass is 10.1. The van der Waals surface area contributed by atoms with Gasteiger partial charge in [-0.3, -0.25) is 14.5 Å². The number of nitrogens with zero attached hydrogens (tertiary/aromatic N) is 5. The van der Waals surface area contributed by atoms with Crippen LogP contribution in [0.25, 0.3) is 5.57 Å². The largest absolute Gasteiger partial charge is 0.376 e. The molecule has 2 aromatic rings. The third-order valence-corrected chi connectivity index (χ3v) is 4.47. The fraction of sp³-hybridized carbons (Fsp3) is 0.294. The summed E-state index contributed by atoms with van der Waals surface area (Å²) in [5.41, 5.74) is 1.43. The monoisotopic (exact) mass is 365 g/mol. The van der Waals surface area contributed by atoms with Crippen LogP contribution < -0.4 is 5.32 Å². The number of carbonyl (C=O) groups excluding carboxylic acids is 2. The van der Waals surface area contributed by atoms with Crippen LogP contribution in [0.4, 0.5) is 5.69 Å². The smallest absolute Gasteiger partial charge is 0.261 e. The molecule has 3 heterocycles. The van der Waals surface area contributed by atoms with E-state index in [1.54, 1.807) is 18.2 Å². The van der Waals surface area contributed by atoms with Crippen LogP contribution in [0, 0.1) is 11.3 Å². The summed E-state index contributed by atoms with van der Waals surface area (Å²) in [6, 6.07) is 6.82. The summed E-state index contributed by atoms with van der Waals surface area (Å²) in [5.74, 6) is -0.492. The van der Waals surface area contributed by atoms with E-state index in [1.165, 1.54) is 11.1 Å². The van der Waals surface area contributed by atoms with E-state index in [0.717, 1.165) is 12.8 Å². The average Bonchev–Trinajstić information content (AvgIpc) is 3.43. The topological polar surface area (TPSA) is 137 Å². The molecule has 4 rings (SSSR count). The van der Waals surface area contributed by atoms with Crippen molar-refractivity contribution in [1.82, 2.24) is 25.5 Å². The molecule has 2 aliphatic rings. The quantitative estimate of drug-likeness (QED) is 0.590. The molecule has 1 aromatic carbocycles. The Morgan fingerprint density at radius 3 is 2.96 bits per heavy atom. The highest BCUT2D eigenvalue weighted by Gasteiger charge is 2.37. The second-order valence-corrected chi connectivity index (χ2v) is 6.17. The van der Waals surface area contributed by atoms with Crippen molar-refractivity contribution in [3.8, 4) is 6.07 Å². The number of aromatic nitrogens is 4. The van der Waals surface area contributed by atoms with Crippen LogP contribution in [0.2, 0.25) is 0 Å². The zero-order valence-corrected chi connectivity index (χ0v) is 14.2. The van der Waals surface area contributed by atoms with Gasteiger partial charge in [0, 0.05) is 18.5 Å². The number of rotatable bonds is 5. The number of H-pyrrole nitrogens is 1. The second kappa shape index (κ2) is 6.97. The zero-order valence-electron chi connectivity index (χ0n) is 14.2. The number of aromatic amines is 1. The Morgan fingerprint density at radius 2 is 2.26 bits per heavy atom. The van der Waals surface area contributed by atoms with E-state index in [2.05, 4.69) is 25.9 Å². The van der Waals surface area contributed by atoms with Gasteiger partial charge in [0.1, 0.15) is 11.6 Å². The number of hydrogen-bond donors (Lipinski definition) is 2. The molecule has 136 valence electrons. The first kappa shape index (κ1) is 16.9. The maximum atomic E-state index is 12.6. The first-order chi connectivity index (χ1) is 13.2. The second-order valence-electron chi connectivity index (χ2n) is 6.17. The number of carbonyl (C=O) groups is 2. The van der Waals surface area contributed by atoms with Crippen molar-refractivity contribution in [2.24, 2.45) is 0 Å². The minimum atomic E-state index is -0.336. The molecule has 1 atom stereocenters. The van der Waals surface area contributed by atoms with Crippen LogP contribution in [0.1, 0.15) is 39.4 Å². The van der Waals surface area contributed by atoms with Gasteiger partial charge in [-0.1, -0.05) is 0 Å². The van der Waals surface area contributed by atoms with Crippen molar-refractivity contribution >= 4 is 23.1 Å². The van der Waals surface area contributed by atoms with Crippen LogP contribution in [0.5, 0.6) is 0 Å². The summed E-state index contributed by atoms with van der Waals surface area (Å²) >= 11 is 0. The zero-order chi connectivity index (χ0) is 18.8. The fourth-order valence-electron chi connectivity index (χ4n) is 3.12. The normalized spacial score (nSPS) is 19.3. The van der Waals surface area contributed by atoms with Gasteiger partial charge in [-0.2, -0.15) is 10.5 Å². The third-order valence-electron chi connectivity index (χ3n) is 4.47. The molecular formula is C17H15N7O3. The minimum absolute atomic E-state index is 0.0964. The molecule has 1 aromatic heterocycles. The van der Waals surface area contributed by atoms with Crippen molar-refractivity contribution in [1.29, 1.82) is 5.26 Å². The van der Waals surface area contributed by atoms with Gasteiger partial charge in [-0.15, -0.1) is 10.2 Å². The van der Waals surface area contributed by atoms with Gasteiger partial charge in [0.2, 0.25) is 5.82 Å². The van der Waals surface area contributed by atoms with Crippen LogP contribution in [-0.4, -0.2) is 56.6 Å². The summed E-state index contributed by atoms with van der Waals surface area (Å²) in [7, 11) is 0. The number of fused-ring (bicyclic) bond motifs is 1. The molecular weight excluding hydrogens is 350 g/mol. The molecule has 0 aliphatic carbocycles. The Morgan fingerprint density at radius 1 is 1.41 bits per heavy atom. The Bertz CT molecular complexity index is 955. The molecule has 27 heavy (non-hydrogen) atoms. The third kappa shape index (κ3) is 3.16. The van der Waals surface area contributed by atoms with Gasteiger partial charge in [0.15, 0.2) is 0 Å². The van der Waals surface area contributed by atoms with Gasteiger partial charge in [-0.25, -0.2) is 0 Å². The molecule has 2 N–H and O–H groups in total. The van der Waals surface area contributed by atoms with E-state index in [-0.39, 0.29) is 35.9 Å². The van der Waals surface area contributed by atoms with Crippen molar-refractivity contribution in [3.63, 3.8) is 0 Å². The molecule has 1 unspecified atom stereocenters. The van der Waals surface area contributed by atoms with Crippen molar-refractivity contribution in [2.75, 3.05) is 18.5 Å². The SMILES string of the molecule is N#CC(=CNc1ccc2c(c1)C(=O)N(CC1CCCO1)C2=O)c1nn[nH]n1. The van der Waals surface area contributed by atoms with E-state index in [9.17, 15) is 14.9 Å². The van der Waals surface area contributed by atoms with Crippen LogP contribution in [-0.2, 0) is 4.74 Å². The minimum Gasteiger partial charge on any atom is -0.376 e. The van der Waals surface area contributed by atoms with Crippen LogP contribution in [0.15, 0.2) is 24.4 Å². The average molecular weight is 365 g/mol. The first-order valence-corrected chi connectivity index (χ1v) is 8.40. The molecule has 2 aliphatic heterocycles. The van der Waals surface area contributed by atoms with Crippen molar-refractivity contribution in [2.45, 2.75) is 18.9 Å². The fourth-order valence-corrected chi connectivity index (χ4v) is 3.12. The number of anilines is 1. The number of benzene rings is 1. The van der Waals surface area contributed by atoms with Crippen molar-refractivity contribution < 1.29 is 14.3 Å². The standard InChI is InChI=1S/C17H15N7O3/c18-7-10(15-20-22-23-21-15)8-19-11-3-4-13-14(6-11)17(26)24(16(13)25)9-12-2-1-5-27-12/h3-4,6,8,12,19H,1-2,5,9H2,(H,20,21,22,23). The molecule has 1 fully saturated rings.